The monoisotopic (exact) mass is 500 g/mol. The minimum Gasteiger partial charge on any atom is -0.494 e. The minimum absolute atomic E-state index is 0.382. The molecule has 0 fully saturated rings. The van der Waals surface area contributed by atoms with E-state index in [2.05, 4.69) is 37.8 Å². The van der Waals surface area contributed by atoms with Gasteiger partial charge in [-0.3, -0.25) is 0 Å². The summed E-state index contributed by atoms with van der Waals surface area (Å²) in [4.78, 5) is 23.5. The normalized spacial score (nSPS) is 10.5. The van der Waals surface area contributed by atoms with E-state index in [1.54, 1.807) is 24.3 Å². The predicted octanol–water partition coefficient (Wildman–Crippen LogP) is 7.58. The van der Waals surface area contributed by atoms with E-state index in [4.69, 9.17) is 14.2 Å². The van der Waals surface area contributed by atoms with Crippen molar-refractivity contribution in [3.05, 3.63) is 96.6 Å². The van der Waals surface area contributed by atoms with Crippen molar-refractivity contribution in [3.63, 3.8) is 0 Å². The number of unbranched alkanes of at least 4 members (excludes halogenated alkanes) is 4. The molecule has 0 aliphatic carbocycles. The molecule has 3 aromatic rings. The first-order valence-electron chi connectivity index (χ1n) is 13.0. The van der Waals surface area contributed by atoms with Gasteiger partial charge in [0.15, 0.2) is 0 Å². The second kappa shape index (κ2) is 15.3. The number of carbonyl (C=O) groups is 2. The Balaban J connectivity index is 1.39. The first-order valence-corrected chi connectivity index (χ1v) is 13.0. The molecule has 0 aliphatic rings. The van der Waals surface area contributed by atoms with Crippen molar-refractivity contribution in [1.29, 1.82) is 0 Å². The number of hydrogen-bond donors (Lipinski definition) is 0. The number of aryl methyl sites for hydroxylation is 1. The van der Waals surface area contributed by atoms with Crippen LogP contribution < -0.4 is 9.47 Å². The Hall–Kier alpha value is -3.86. The third kappa shape index (κ3) is 9.60. The number of hydrogen-bond acceptors (Lipinski definition) is 5. The molecule has 0 unspecified atom stereocenters. The topological polar surface area (TPSA) is 61.8 Å². The van der Waals surface area contributed by atoms with Crippen LogP contribution in [0, 0.1) is 0 Å². The second-order valence-electron chi connectivity index (χ2n) is 8.87. The highest BCUT2D eigenvalue weighted by molar-refractivity contribution is 5.91. The molecule has 0 saturated carbocycles. The average Bonchev–Trinajstić information content (AvgIpc) is 2.94. The van der Waals surface area contributed by atoms with Gasteiger partial charge in [0.2, 0.25) is 0 Å². The molecule has 0 saturated heterocycles. The molecule has 5 nitrogen and oxygen atoms in total. The standard InChI is InChI=1S/C32H36O5/c1-3-5-10-25-11-13-26(14-12-25)27-15-21-30(22-16-27)37-32(34)28-17-19-29(20-18-28)35-23-8-6-7-9-24-36-31(33)4-2/h4,11-22H,2-3,5-10,23-24H2,1H3. The van der Waals surface area contributed by atoms with Crippen LogP contribution in [-0.4, -0.2) is 25.2 Å². The van der Waals surface area contributed by atoms with Crippen LogP contribution in [0.2, 0.25) is 0 Å². The number of benzene rings is 3. The van der Waals surface area contributed by atoms with Crippen molar-refractivity contribution in [2.24, 2.45) is 0 Å². The van der Waals surface area contributed by atoms with Crippen molar-refractivity contribution in [2.75, 3.05) is 13.2 Å². The summed E-state index contributed by atoms with van der Waals surface area (Å²) in [5.74, 6) is 0.429. The average molecular weight is 501 g/mol. The van der Waals surface area contributed by atoms with E-state index in [0.717, 1.165) is 43.2 Å². The molecule has 0 atom stereocenters. The van der Waals surface area contributed by atoms with Gasteiger partial charge in [0.25, 0.3) is 0 Å². The van der Waals surface area contributed by atoms with Gasteiger partial charge in [-0.25, -0.2) is 9.59 Å². The Morgan fingerprint density at radius 3 is 1.95 bits per heavy atom. The van der Waals surface area contributed by atoms with Crippen molar-refractivity contribution >= 4 is 11.9 Å². The second-order valence-corrected chi connectivity index (χ2v) is 8.87. The zero-order valence-corrected chi connectivity index (χ0v) is 21.6. The molecule has 0 bridgehead atoms. The summed E-state index contributed by atoms with van der Waals surface area (Å²) < 4.78 is 16.2. The lowest BCUT2D eigenvalue weighted by atomic mass is 10.0. The third-order valence-corrected chi connectivity index (χ3v) is 5.98. The van der Waals surface area contributed by atoms with Gasteiger partial charge in [0.05, 0.1) is 18.8 Å². The van der Waals surface area contributed by atoms with E-state index in [0.29, 0.717) is 30.3 Å². The van der Waals surface area contributed by atoms with Crippen molar-refractivity contribution in [2.45, 2.75) is 51.9 Å². The van der Waals surface area contributed by atoms with Crippen molar-refractivity contribution in [3.8, 4) is 22.6 Å². The Labute approximate surface area is 220 Å². The highest BCUT2D eigenvalue weighted by Gasteiger charge is 2.09. The Morgan fingerprint density at radius 1 is 0.730 bits per heavy atom. The molecular formula is C32H36O5. The third-order valence-electron chi connectivity index (χ3n) is 5.98. The molecule has 0 aromatic heterocycles. The Bertz CT molecular complexity index is 1120. The van der Waals surface area contributed by atoms with E-state index < -0.39 is 5.97 Å². The molecule has 194 valence electrons. The van der Waals surface area contributed by atoms with E-state index in [9.17, 15) is 9.59 Å². The van der Waals surface area contributed by atoms with Gasteiger partial charge in [-0.1, -0.05) is 56.3 Å². The maximum absolute atomic E-state index is 12.6. The minimum atomic E-state index is -0.406. The number of esters is 2. The quantitative estimate of drug-likeness (QED) is 0.0931. The summed E-state index contributed by atoms with van der Waals surface area (Å²) >= 11 is 0. The molecule has 0 aliphatic heterocycles. The van der Waals surface area contributed by atoms with Gasteiger partial charge in [0, 0.05) is 6.08 Å². The van der Waals surface area contributed by atoms with E-state index >= 15 is 0 Å². The zero-order chi connectivity index (χ0) is 26.3. The molecule has 3 aromatic carbocycles. The van der Waals surface area contributed by atoms with Gasteiger partial charge in [0.1, 0.15) is 11.5 Å². The summed E-state index contributed by atoms with van der Waals surface area (Å²) in [6.45, 7) is 6.57. The molecule has 0 amide bonds. The molecule has 3 rings (SSSR count). The highest BCUT2D eigenvalue weighted by atomic mass is 16.5. The zero-order valence-electron chi connectivity index (χ0n) is 21.6. The lowest BCUT2D eigenvalue weighted by molar-refractivity contribution is -0.137. The molecule has 5 heteroatoms. The summed E-state index contributed by atoms with van der Waals surface area (Å²) in [6.07, 6.45) is 8.35. The van der Waals surface area contributed by atoms with E-state index in [1.807, 2.05) is 24.3 Å². The van der Waals surface area contributed by atoms with E-state index in [-0.39, 0.29) is 5.97 Å². The smallest absolute Gasteiger partial charge is 0.343 e. The van der Waals surface area contributed by atoms with Gasteiger partial charge < -0.3 is 14.2 Å². The van der Waals surface area contributed by atoms with Crippen LogP contribution in [0.5, 0.6) is 11.5 Å². The predicted molar refractivity (Wildman–Crippen MR) is 147 cm³/mol. The first-order chi connectivity index (χ1) is 18.1. The Morgan fingerprint density at radius 2 is 1.32 bits per heavy atom. The fourth-order valence-corrected chi connectivity index (χ4v) is 3.79. The summed E-state index contributed by atoms with van der Waals surface area (Å²) in [5, 5.41) is 0. The SMILES string of the molecule is C=CC(=O)OCCCCCCOc1ccc(C(=O)Oc2ccc(-c3ccc(CCCC)cc3)cc2)cc1. The van der Waals surface area contributed by atoms with Crippen molar-refractivity contribution < 1.29 is 23.8 Å². The fourth-order valence-electron chi connectivity index (χ4n) is 3.79. The molecular weight excluding hydrogens is 464 g/mol. The van der Waals surface area contributed by atoms with Gasteiger partial charge in [-0.2, -0.15) is 0 Å². The lowest BCUT2D eigenvalue weighted by Gasteiger charge is -2.09. The molecule has 0 radical (unpaired) electrons. The van der Waals surface area contributed by atoms with Crippen LogP contribution in [0.1, 0.15) is 61.4 Å². The van der Waals surface area contributed by atoms with E-state index in [1.165, 1.54) is 24.5 Å². The van der Waals surface area contributed by atoms with Crippen LogP contribution >= 0.6 is 0 Å². The lowest BCUT2D eigenvalue weighted by Crippen LogP contribution is -2.08. The van der Waals surface area contributed by atoms with Crippen LogP contribution in [0.25, 0.3) is 11.1 Å². The highest BCUT2D eigenvalue weighted by Crippen LogP contribution is 2.24. The number of rotatable bonds is 15. The fraction of sp³-hybridized carbons (Fsp3) is 0.312. The molecule has 37 heavy (non-hydrogen) atoms. The van der Waals surface area contributed by atoms with Crippen molar-refractivity contribution in [1.82, 2.24) is 0 Å². The largest absolute Gasteiger partial charge is 0.494 e. The van der Waals surface area contributed by atoms with Crippen LogP contribution in [-0.2, 0) is 16.0 Å². The van der Waals surface area contributed by atoms with Gasteiger partial charge in [-0.05, 0) is 91.6 Å². The molecule has 0 spiro atoms. The number of carbonyl (C=O) groups excluding carboxylic acids is 2. The first kappa shape index (κ1) is 27.7. The van der Waals surface area contributed by atoms with Gasteiger partial charge >= 0.3 is 11.9 Å². The molecule has 0 N–H and O–H groups in total. The van der Waals surface area contributed by atoms with Crippen LogP contribution in [0.15, 0.2) is 85.5 Å². The maximum atomic E-state index is 12.6. The maximum Gasteiger partial charge on any atom is 0.343 e. The Kier molecular flexibility index (Phi) is 11.5. The summed E-state index contributed by atoms with van der Waals surface area (Å²) in [5.41, 5.74) is 4.05. The molecule has 0 heterocycles. The summed E-state index contributed by atoms with van der Waals surface area (Å²) in [7, 11) is 0. The number of ether oxygens (including phenoxy) is 3. The summed E-state index contributed by atoms with van der Waals surface area (Å²) in [6, 6.07) is 23.2. The van der Waals surface area contributed by atoms with Crippen LogP contribution in [0.4, 0.5) is 0 Å². The van der Waals surface area contributed by atoms with Crippen LogP contribution in [0.3, 0.4) is 0 Å². The van der Waals surface area contributed by atoms with Gasteiger partial charge in [-0.15, -0.1) is 0 Å².